The first-order valence-corrected chi connectivity index (χ1v) is 4.04. The molecule has 65 valence electrons. The minimum atomic E-state index is -0.284. The number of allylic oxidation sites excluding steroid dienone is 1. The molecule has 1 heterocycles. The van der Waals surface area contributed by atoms with Crippen LogP contribution in [0.2, 0.25) is 0 Å². The van der Waals surface area contributed by atoms with E-state index in [4.69, 9.17) is 4.74 Å². The van der Waals surface area contributed by atoms with Crippen molar-refractivity contribution in [3.63, 3.8) is 0 Å². The highest BCUT2D eigenvalue weighted by molar-refractivity contribution is 6.03. The number of esters is 1. The summed E-state index contributed by atoms with van der Waals surface area (Å²) >= 11 is 0. The van der Waals surface area contributed by atoms with Crippen LogP contribution in [-0.4, -0.2) is 5.97 Å². The predicted octanol–water partition coefficient (Wildman–Crippen LogP) is 2.42. The van der Waals surface area contributed by atoms with E-state index in [-0.39, 0.29) is 5.97 Å². The van der Waals surface area contributed by atoms with Crippen molar-refractivity contribution in [2.24, 2.45) is 0 Å². The number of rotatable bonds is 0. The second-order valence-electron chi connectivity index (χ2n) is 3.04. The number of ether oxygens (including phenoxy) is 1. The van der Waals surface area contributed by atoms with Gasteiger partial charge in [0.1, 0.15) is 5.76 Å². The molecule has 0 unspecified atom stereocenters. The van der Waals surface area contributed by atoms with Crippen LogP contribution in [-0.2, 0) is 4.74 Å². The molecule has 0 aromatic heterocycles. The van der Waals surface area contributed by atoms with Gasteiger partial charge in [0.25, 0.3) is 0 Å². The van der Waals surface area contributed by atoms with Gasteiger partial charge < -0.3 is 4.74 Å². The Balaban J connectivity index is 2.67. The molecule has 13 heavy (non-hydrogen) atoms. The zero-order valence-corrected chi connectivity index (χ0v) is 7.33. The molecule has 0 fully saturated rings. The summed E-state index contributed by atoms with van der Waals surface area (Å²) in [5, 5.41) is 0. The van der Waals surface area contributed by atoms with Crippen LogP contribution in [0, 0.1) is 6.92 Å². The third kappa shape index (κ3) is 1.15. The summed E-state index contributed by atoms with van der Waals surface area (Å²) in [5.74, 6) is 0.314. The van der Waals surface area contributed by atoms with E-state index in [2.05, 4.69) is 6.92 Å². The highest BCUT2D eigenvalue weighted by Gasteiger charge is 2.26. The summed E-state index contributed by atoms with van der Waals surface area (Å²) < 4.78 is 5.07. The van der Waals surface area contributed by atoms with E-state index in [0.717, 1.165) is 11.1 Å². The molecule has 1 aromatic rings. The Morgan fingerprint density at radius 3 is 2.54 bits per heavy atom. The SMILES string of the molecule is [CH2]C(C)=C1OC(=O)c2ccccc21. The van der Waals surface area contributed by atoms with Crippen LogP contribution in [0.15, 0.2) is 29.8 Å². The standard InChI is InChI=1S/C11H9O2/c1-7(2)10-8-5-3-4-6-9(8)11(12)13-10/h3-6H,1H2,2H3. The van der Waals surface area contributed by atoms with Crippen LogP contribution >= 0.6 is 0 Å². The first-order valence-electron chi connectivity index (χ1n) is 4.04. The molecule has 0 bridgehead atoms. The second kappa shape index (κ2) is 2.73. The van der Waals surface area contributed by atoms with Crippen LogP contribution in [0.3, 0.4) is 0 Å². The predicted molar refractivity (Wildman–Crippen MR) is 49.8 cm³/mol. The molecule has 0 atom stereocenters. The average molecular weight is 173 g/mol. The van der Waals surface area contributed by atoms with Gasteiger partial charge in [0.2, 0.25) is 0 Å². The fraction of sp³-hybridized carbons (Fsp3) is 0.0909. The number of carbonyl (C=O) groups excluding carboxylic acids is 1. The molecular weight excluding hydrogens is 164 g/mol. The van der Waals surface area contributed by atoms with Crippen molar-refractivity contribution in [3.8, 4) is 0 Å². The van der Waals surface area contributed by atoms with E-state index in [9.17, 15) is 4.79 Å². The van der Waals surface area contributed by atoms with Gasteiger partial charge in [-0.1, -0.05) is 18.2 Å². The average Bonchev–Trinajstić information content (AvgIpc) is 2.45. The summed E-state index contributed by atoms with van der Waals surface area (Å²) in [4.78, 5) is 11.3. The van der Waals surface area contributed by atoms with Gasteiger partial charge in [-0.2, -0.15) is 0 Å². The van der Waals surface area contributed by atoms with Gasteiger partial charge in [-0.3, -0.25) is 0 Å². The van der Waals surface area contributed by atoms with Crippen molar-refractivity contribution in [2.45, 2.75) is 6.92 Å². The molecule has 1 aromatic carbocycles. The molecule has 0 saturated carbocycles. The lowest BCUT2D eigenvalue weighted by Crippen LogP contribution is -1.92. The molecule has 2 rings (SSSR count). The Labute approximate surface area is 76.8 Å². The van der Waals surface area contributed by atoms with Crippen LogP contribution in [0.1, 0.15) is 22.8 Å². The van der Waals surface area contributed by atoms with Crippen LogP contribution in [0.25, 0.3) is 5.76 Å². The number of benzene rings is 1. The van der Waals surface area contributed by atoms with Gasteiger partial charge in [0.15, 0.2) is 0 Å². The zero-order chi connectivity index (χ0) is 9.42. The summed E-state index contributed by atoms with van der Waals surface area (Å²) in [7, 11) is 0. The number of hydrogen-bond acceptors (Lipinski definition) is 2. The summed E-state index contributed by atoms with van der Waals surface area (Å²) in [6, 6.07) is 7.32. The van der Waals surface area contributed by atoms with Crippen molar-refractivity contribution in [3.05, 3.63) is 47.9 Å². The molecule has 0 N–H and O–H groups in total. The van der Waals surface area contributed by atoms with Gasteiger partial charge in [0, 0.05) is 5.56 Å². The maximum absolute atomic E-state index is 11.3. The molecule has 0 spiro atoms. The van der Waals surface area contributed by atoms with Gasteiger partial charge in [-0.15, -0.1) is 0 Å². The van der Waals surface area contributed by atoms with Crippen LogP contribution in [0.4, 0.5) is 0 Å². The minimum absolute atomic E-state index is 0.284. The minimum Gasteiger partial charge on any atom is -0.422 e. The van der Waals surface area contributed by atoms with E-state index >= 15 is 0 Å². The molecule has 1 radical (unpaired) electrons. The van der Waals surface area contributed by atoms with Crippen LogP contribution in [0.5, 0.6) is 0 Å². The van der Waals surface area contributed by atoms with E-state index in [1.165, 1.54) is 0 Å². The van der Waals surface area contributed by atoms with Gasteiger partial charge in [-0.05, 0) is 25.5 Å². The molecule has 1 aliphatic rings. The Kier molecular flexibility index (Phi) is 1.69. The third-order valence-electron chi connectivity index (χ3n) is 1.97. The zero-order valence-electron chi connectivity index (χ0n) is 7.33. The van der Waals surface area contributed by atoms with Gasteiger partial charge in [-0.25, -0.2) is 4.79 Å². The number of carbonyl (C=O) groups is 1. The Bertz CT molecular complexity index is 398. The molecule has 0 aliphatic carbocycles. The maximum atomic E-state index is 11.3. The lowest BCUT2D eigenvalue weighted by atomic mass is 10.1. The van der Waals surface area contributed by atoms with Crippen molar-refractivity contribution >= 4 is 11.7 Å². The number of fused-ring (bicyclic) bond motifs is 1. The quantitative estimate of drug-likeness (QED) is 0.563. The number of cyclic esters (lactones) is 1. The van der Waals surface area contributed by atoms with E-state index < -0.39 is 0 Å². The van der Waals surface area contributed by atoms with Crippen molar-refractivity contribution in [2.75, 3.05) is 0 Å². The Hall–Kier alpha value is -1.57. The lowest BCUT2D eigenvalue weighted by molar-refractivity contribution is 0.0714. The fourth-order valence-corrected chi connectivity index (χ4v) is 1.38. The second-order valence-corrected chi connectivity index (χ2v) is 3.04. The molecule has 0 saturated heterocycles. The van der Waals surface area contributed by atoms with Crippen molar-refractivity contribution < 1.29 is 9.53 Å². The Morgan fingerprint density at radius 1 is 1.31 bits per heavy atom. The summed E-state index contributed by atoms with van der Waals surface area (Å²) in [6.45, 7) is 5.58. The smallest absolute Gasteiger partial charge is 0.344 e. The third-order valence-corrected chi connectivity index (χ3v) is 1.97. The number of hydrogen-bond donors (Lipinski definition) is 0. The molecular formula is C11H9O2. The Morgan fingerprint density at radius 2 is 1.92 bits per heavy atom. The molecule has 2 nitrogen and oxygen atoms in total. The van der Waals surface area contributed by atoms with Gasteiger partial charge in [0.05, 0.1) is 5.56 Å². The highest BCUT2D eigenvalue weighted by atomic mass is 16.5. The van der Waals surface area contributed by atoms with Crippen molar-refractivity contribution in [1.82, 2.24) is 0 Å². The van der Waals surface area contributed by atoms with E-state index in [1.807, 2.05) is 25.1 Å². The largest absolute Gasteiger partial charge is 0.422 e. The molecule has 0 amide bonds. The molecule has 1 aliphatic heterocycles. The summed E-state index contributed by atoms with van der Waals surface area (Å²) in [5.41, 5.74) is 2.25. The topological polar surface area (TPSA) is 26.3 Å². The maximum Gasteiger partial charge on any atom is 0.344 e. The fourth-order valence-electron chi connectivity index (χ4n) is 1.38. The monoisotopic (exact) mass is 173 g/mol. The van der Waals surface area contributed by atoms with Gasteiger partial charge >= 0.3 is 5.97 Å². The van der Waals surface area contributed by atoms with Crippen LogP contribution < -0.4 is 0 Å². The van der Waals surface area contributed by atoms with E-state index in [0.29, 0.717) is 11.3 Å². The summed E-state index contributed by atoms with van der Waals surface area (Å²) in [6.07, 6.45) is 0. The first-order chi connectivity index (χ1) is 6.20. The lowest BCUT2D eigenvalue weighted by Gasteiger charge is -1.99. The normalized spacial score (nSPS) is 18.2. The van der Waals surface area contributed by atoms with Crippen molar-refractivity contribution in [1.29, 1.82) is 0 Å². The first kappa shape index (κ1) is 8.05. The highest BCUT2D eigenvalue weighted by Crippen LogP contribution is 2.31. The molecule has 2 heteroatoms. The van der Waals surface area contributed by atoms with E-state index in [1.54, 1.807) is 6.07 Å².